The van der Waals surface area contributed by atoms with Crippen LogP contribution in [0, 0.1) is 0 Å². The normalized spacial score (nSPS) is 13.2. The maximum absolute atomic E-state index is 3.59. The third-order valence-corrected chi connectivity index (χ3v) is 3.49. The Morgan fingerprint density at radius 1 is 1.05 bits per heavy atom. The fourth-order valence-corrected chi connectivity index (χ4v) is 2.55. The fraction of sp³-hybridized carbons (Fsp3) is 0.647. The van der Waals surface area contributed by atoms with Gasteiger partial charge in [-0.05, 0) is 45.3 Å². The van der Waals surface area contributed by atoms with Crippen LogP contribution in [0.2, 0.25) is 0 Å². The standard InChI is InChI=1S/C17H30N2/c1-5-12-18-14-17(16-10-8-7-9-11-16)19(13-6-2)15(3)4/h7-11,15,17-18H,5-6,12-14H2,1-4H3. The van der Waals surface area contributed by atoms with Gasteiger partial charge >= 0.3 is 0 Å². The summed E-state index contributed by atoms with van der Waals surface area (Å²) in [7, 11) is 0. The van der Waals surface area contributed by atoms with Gasteiger partial charge in [-0.25, -0.2) is 0 Å². The van der Waals surface area contributed by atoms with E-state index in [0.29, 0.717) is 12.1 Å². The first-order valence-electron chi connectivity index (χ1n) is 7.72. The van der Waals surface area contributed by atoms with E-state index in [-0.39, 0.29) is 0 Å². The number of nitrogens with one attached hydrogen (secondary N) is 1. The summed E-state index contributed by atoms with van der Waals surface area (Å²) in [6.45, 7) is 12.4. The van der Waals surface area contributed by atoms with Crippen molar-refractivity contribution in [1.29, 1.82) is 0 Å². The van der Waals surface area contributed by atoms with Crippen LogP contribution in [0.3, 0.4) is 0 Å². The molecule has 2 heteroatoms. The number of nitrogens with zero attached hydrogens (tertiary/aromatic N) is 1. The molecule has 0 heterocycles. The van der Waals surface area contributed by atoms with E-state index in [4.69, 9.17) is 0 Å². The molecule has 0 aliphatic rings. The zero-order valence-electron chi connectivity index (χ0n) is 13.0. The summed E-state index contributed by atoms with van der Waals surface area (Å²) in [6, 6.07) is 12.0. The second-order valence-electron chi connectivity index (χ2n) is 5.46. The van der Waals surface area contributed by atoms with E-state index in [1.807, 2.05) is 0 Å². The largest absolute Gasteiger partial charge is 0.315 e. The second-order valence-corrected chi connectivity index (χ2v) is 5.46. The summed E-state index contributed by atoms with van der Waals surface area (Å²) in [5.74, 6) is 0. The van der Waals surface area contributed by atoms with Crippen molar-refractivity contribution in [2.24, 2.45) is 0 Å². The average molecular weight is 262 g/mol. The number of hydrogen-bond acceptors (Lipinski definition) is 2. The van der Waals surface area contributed by atoms with Crippen molar-refractivity contribution in [3.8, 4) is 0 Å². The minimum absolute atomic E-state index is 0.479. The molecule has 1 aromatic carbocycles. The average Bonchev–Trinajstić information content (AvgIpc) is 2.42. The molecule has 108 valence electrons. The molecule has 0 amide bonds. The van der Waals surface area contributed by atoms with E-state index < -0.39 is 0 Å². The zero-order valence-corrected chi connectivity index (χ0v) is 13.0. The molecule has 0 bridgehead atoms. The van der Waals surface area contributed by atoms with Gasteiger partial charge < -0.3 is 5.32 Å². The third-order valence-electron chi connectivity index (χ3n) is 3.49. The molecule has 0 aromatic heterocycles. The van der Waals surface area contributed by atoms with Crippen molar-refractivity contribution in [2.45, 2.75) is 52.6 Å². The molecular formula is C17H30N2. The van der Waals surface area contributed by atoms with Crippen LogP contribution >= 0.6 is 0 Å². The van der Waals surface area contributed by atoms with E-state index in [9.17, 15) is 0 Å². The summed E-state index contributed by atoms with van der Waals surface area (Å²) in [5, 5.41) is 3.59. The van der Waals surface area contributed by atoms with Gasteiger partial charge in [0.1, 0.15) is 0 Å². The number of benzene rings is 1. The molecule has 1 aromatic rings. The van der Waals surface area contributed by atoms with Crippen LogP contribution in [0.5, 0.6) is 0 Å². The molecular weight excluding hydrogens is 232 g/mol. The Labute approximate surface area is 119 Å². The molecule has 0 fully saturated rings. The van der Waals surface area contributed by atoms with Gasteiger partial charge in [0.15, 0.2) is 0 Å². The van der Waals surface area contributed by atoms with Crippen molar-refractivity contribution in [3.63, 3.8) is 0 Å². The summed E-state index contributed by atoms with van der Waals surface area (Å²) in [4.78, 5) is 2.61. The Bertz CT molecular complexity index is 321. The molecule has 0 saturated heterocycles. The van der Waals surface area contributed by atoms with Crippen LogP contribution in [0.1, 0.15) is 52.1 Å². The predicted molar refractivity (Wildman–Crippen MR) is 84.5 cm³/mol. The van der Waals surface area contributed by atoms with Gasteiger partial charge in [0, 0.05) is 18.6 Å². The quantitative estimate of drug-likeness (QED) is 0.680. The van der Waals surface area contributed by atoms with E-state index in [1.54, 1.807) is 0 Å². The summed E-state index contributed by atoms with van der Waals surface area (Å²) >= 11 is 0. The van der Waals surface area contributed by atoms with Gasteiger partial charge in [0.25, 0.3) is 0 Å². The molecule has 0 saturated carbocycles. The van der Waals surface area contributed by atoms with Crippen molar-refractivity contribution in [1.82, 2.24) is 10.2 Å². The lowest BCUT2D eigenvalue weighted by Gasteiger charge is -2.35. The SMILES string of the molecule is CCCNCC(c1ccccc1)N(CCC)C(C)C. The van der Waals surface area contributed by atoms with Gasteiger partial charge in [0.2, 0.25) is 0 Å². The molecule has 1 rings (SSSR count). The lowest BCUT2D eigenvalue weighted by molar-refractivity contribution is 0.150. The Kier molecular flexibility index (Phi) is 7.76. The molecule has 0 radical (unpaired) electrons. The minimum Gasteiger partial charge on any atom is -0.315 e. The van der Waals surface area contributed by atoms with E-state index in [2.05, 4.69) is 68.2 Å². The van der Waals surface area contributed by atoms with Crippen LogP contribution in [0.25, 0.3) is 0 Å². The molecule has 0 aliphatic carbocycles. The molecule has 1 N–H and O–H groups in total. The third kappa shape index (κ3) is 5.33. The monoisotopic (exact) mass is 262 g/mol. The summed E-state index contributed by atoms with van der Waals surface area (Å²) < 4.78 is 0. The fourth-order valence-electron chi connectivity index (χ4n) is 2.55. The van der Waals surface area contributed by atoms with Crippen molar-refractivity contribution < 1.29 is 0 Å². The Hall–Kier alpha value is -0.860. The van der Waals surface area contributed by atoms with Gasteiger partial charge in [-0.3, -0.25) is 4.90 Å². The highest BCUT2D eigenvalue weighted by molar-refractivity contribution is 5.19. The first-order valence-corrected chi connectivity index (χ1v) is 7.72. The topological polar surface area (TPSA) is 15.3 Å². The van der Waals surface area contributed by atoms with E-state index >= 15 is 0 Å². The number of hydrogen-bond donors (Lipinski definition) is 1. The zero-order chi connectivity index (χ0) is 14.1. The molecule has 0 aliphatic heterocycles. The molecule has 2 nitrogen and oxygen atoms in total. The maximum Gasteiger partial charge on any atom is 0.0475 e. The Morgan fingerprint density at radius 3 is 2.26 bits per heavy atom. The van der Waals surface area contributed by atoms with Crippen LogP contribution in [0.4, 0.5) is 0 Å². The summed E-state index contributed by atoms with van der Waals surface area (Å²) in [5.41, 5.74) is 1.42. The lowest BCUT2D eigenvalue weighted by Crippen LogP contribution is -2.40. The Balaban J connectivity index is 2.83. The van der Waals surface area contributed by atoms with Gasteiger partial charge in [-0.2, -0.15) is 0 Å². The van der Waals surface area contributed by atoms with Crippen molar-refractivity contribution in [3.05, 3.63) is 35.9 Å². The van der Waals surface area contributed by atoms with Crippen LogP contribution in [-0.2, 0) is 0 Å². The van der Waals surface area contributed by atoms with Crippen LogP contribution < -0.4 is 5.32 Å². The lowest BCUT2D eigenvalue weighted by atomic mass is 10.0. The maximum atomic E-state index is 3.59. The van der Waals surface area contributed by atoms with Crippen molar-refractivity contribution >= 4 is 0 Å². The smallest absolute Gasteiger partial charge is 0.0475 e. The van der Waals surface area contributed by atoms with Gasteiger partial charge in [-0.15, -0.1) is 0 Å². The predicted octanol–water partition coefficient (Wildman–Crippen LogP) is 3.85. The molecule has 1 unspecified atom stereocenters. The highest BCUT2D eigenvalue weighted by Gasteiger charge is 2.21. The molecule has 19 heavy (non-hydrogen) atoms. The van der Waals surface area contributed by atoms with Crippen molar-refractivity contribution in [2.75, 3.05) is 19.6 Å². The van der Waals surface area contributed by atoms with Gasteiger partial charge in [-0.1, -0.05) is 44.2 Å². The molecule has 1 atom stereocenters. The first-order chi connectivity index (χ1) is 9.20. The van der Waals surface area contributed by atoms with E-state index in [1.165, 1.54) is 18.4 Å². The Morgan fingerprint density at radius 2 is 1.74 bits per heavy atom. The highest BCUT2D eigenvalue weighted by Crippen LogP contribution is 2.22. The van der Waals surface area contributed by atoms with Crippen LogP contribution in [0.15, 0.2) is 30.3 Å². The first kappa shape index (κ1) is 16.2. The highest BCUT2D eigenvalue weighted by atomic mass is 15.2. The van der Waals surface area contributed by atoms with Crippen LogP contribution in [-0.4, -0.2) is 30.6 Å². The summed E-state index contributed by atoms with van der Waals surface area (Å²) in [6.07, 6.45) is 2.40. The van der Waals surface area contributed by atoms with E-state index in [0.717, 1.165) is 19.6 Å². The number of rotatable bonds is 9. The second kappa shape index (κ2) is 9.11. The minimum atomic E-state index is 0.479. The molecule has 0 spiro atoms. The van der Waals surface area contributed by atoms with Gasteiger partial charge in [0.05, 0.1) is 0 Å².